The first kappa shape index (κ1) is 20.0. The maximum absolute atomic E-state index is 12.3. The molecule has 0 atom stereocenters. The van der Waals surface area contributed by atoms with E-state index in [4.69, 9.17) is 0 Å². The Morgan fingerprint density at radius 2 is 1.57 bits per heavy atom. The average molecular weight is 402 g/mol. The molecule has 1 aliphatic heterocycles. The van der Waals surface area contributed by atoms with Gasteiger partial charge < -0.3 is 10.6 Å². The SMILES string of the molecule is O=C(Nc1ccccc1)c1ccc(NCc2ccccc2CN2CCCCC2)nn1. The van der Waals surface area contributed by atoms with Crippen LogP contribution in [-0.2, 0) is 13.1 Å². The van der Waals surface area contributed by atoms with Gasteiger partial charge in [0.15, 0.2) is 5.69 Å². The Labute approximate surface area is 177 Å². The van der Waals surface area contributed by atoms with Crippen molar-refractivity contribution in [1.82, 2.24) is 15.1 Å². The Bertz CT molecular complexity index is 953. The van der Waals surface area contributed by atoms with Crippen molar-refractivity contribution in [3.8, 4) is 0 Å². The summed E-state index contributed by atoms with van der Waals surface area (Å²) >= 11 is 0. The summed E-state index contributed by atoms with van der Waals surface area (Å²) in [7, 11) is 0. The Morgan fingerprint density at radius 3 is 2.30 bits per heavy atom. The number of nitrogens with zero attached hydrogens (tertiary/aromatic N) is 3. The Kier molecular flexibility index (Phi) is 6.67. The van der Waals surface area contributed by atoms with Crippen molar-refractivity contribution in [3.05, 3.63) is 83.6 Å². The number of piperidine rings is 1. The third-order valence-corrected chi connectivity index (χ3v) is 5.35. The molecule has 4 rings (SSSR count). The molecule has 154 valence electrons. The molecular formula is C24H27N5O. The van der Waals surface area contributed by atoms with Gasteiger partial charge in [0.05, 0.1) is 0 Å². The van der Waals surface area contributed by atoms with Gasteiger partial charge in [-0.1, -0.05) is 48.9 Å². The van der Waals surface area contributed by atoms with Crippen LogP contribution >= 0.6 is 0 Å². The van der Waals surface area contributed by atoms with Gasteiger partial charge in [-0.3, -0.25) is 9.69 Å². The van der Waals surface area contributed by atoms with E-state index in [9.17, 15) is 4.79 Å². The molecule has 0 aliphatic carbocycles. The number of carbonyl (C=O) groups is 1. The number of rotatable bonds is 7. The minimum absolute atomic E-state index is 0.271. The van der Waals surface area contributed by atoms with E-state index in [1.165, 1.54) is 43.5 Å². The van der Waals surface area contributed by atoms with Crippen LogP contribution in [0, 0.1) is 0 Å². The number of hydrogen-bond donors (Lipinski definition) is 2. The summed E-state index contributed by atoms with van der Waals surface area (Å²) in [5.41, 5.74) is 3.63. The van der Waals surface area contributed by atoms with E-state index in [2.05, 4.69) is 50.0 Å². The second-order valence-electron chi connectivity index (χ2n) is 7.58. The number of likely N-dealkylation sites (tertiary alicyclic amines) is 1. The fourth-order valence-corrected chi connectivity index (χ4v) is 3.69. The van der Waals surface area contributed by atoms with Gasteiger partial charge in [0, 0.05) is 18.8 Å². The van der Waals surface area contributed by atoms with E-state index in [0.717, 1.165) is 12.2 Å². The number of aromatic nitrogens is 2. The van der Waals surface area contributed by atoms with Gasteiger partial charge in [0.2, 0.25) is 0 Å². The molecule has 2 heterocycles. The van der Waals surface area contributed by atoms with Crippen molar-refractivity contribution in [3.63, 3.8) is 0 Å². The molecule has 0 spiro atoms. The molecule has 0 saturated carbocycles. The molecule has 1 fully saturated rings. The molecule has 0 radical (unpaired) electrons. The van der Waals surface area contributed by atoms with Gasteiger partial charge in [-0.2, -0.15) is 0 Å². The van der Waals surface area contributed by atoms with Crippen molar-refractivity contribution in [2.45, 2.75) is 32.4 Å². The topological polar surface area (TPSA) is 70.2 Å². The molecule has 3 aromatic rings. The van der Waals surface area contributed by atoms with Gasteiger partial charge >= 0.3 is 0 Å². The first-order valence-electron chi connectivity index (χ1n) is 10.5. The quantitative estimate of drug-likeness (QED) is 0.617. The van der Waals surface area contributed by atoms with Crippen molar-refractivity contribution in [1.29, 1.82) is 0 Å². The normalized spacial score (nSPS) is 14.3. The van der Waals surface area contributed by atoms with E-state index in [-0.39, 0.29) is 11.6 Å². The number of hydrogen-bond acceptors (Lipinski definition) is 5. The first-order valence-corrected chi connectivity index (χ1v) is 10.5. The van der Waals surface area contributed by atoms with Crippen molar-refractivity contribution in [2.75, 3.05) is 23.7 Å². The summed E-state index contributed by atoms with van der Waals surface area (Å²) in [6.07, 6.45) is 3.93. The highest BCUT2D eigenvalue weighted by atomic mass is 16.1. The standard InChI is InChI=1S/C24H27N5O/c30-24(26-21-11-3-1-4-12-21)22-13-14-23(28-27-22)25-17-19-9-5-6-10-20(19)18-29-15-7-2-8-16-29/h1,3-6,9-14H,2,7-8,15-18H2,(H,25,28)(H,26,30). The summed E-state index contributed by atoms with van der Waals surface area (Å²) in [4.78, 5) is 14.8. The Balaban J connectivity index is 1.34. The highest BCUT2D eigenvalue weighted by Gasteiger charge is 2.13. The summed E-state index contributed by atoms with van der Waals surface area (Å²) in [5, 5.41) is 14.4. The highest BCUT2D eigenvalue weighted by molar-refractivity contribution is 6.02. The molecule has 0 unspecified atom stereocenters. The number of nitrogens with one attached hydrogen (secondary N) is 2. The number of amides is 1. The van der Waals surface area contributed by atoms with Gasteiger partial charge in [-0.05, 0) is 61.3 Å². The predicted octanol–water partition coefficient (Wildman–Crippen LogP) is 4.33. The van der Waals surface area contributed by atoms with E-state index in [0.29, 0.717) is 12.4 Å². The van der Waals surface area contributed by atoms with Gasteiger partial charge in [-0.15, -0.1) is 10.2 Å². The minimum Gasteiger partial charge on any atom is -0.364 e. The average Bonchev–Trinajstić information content (AvgIpc) is 2.80. The van der Waals surface area contributed by atoms with E-state index in [1.54, 1.807) is 12.1 Å². The van der Waals surface area contributed by atoms with Gasteiger partial charge in [0.1, 0.15) is 5.82 Å². The fourth-order valence-electron chi connectivity index (χ4n) is 3.69. The lowest BCUT2D eigenvalue weighted by atomic mass is 10.0. The van der Waals surface area contributed by atoms with Crippen LogP contribution in [0.25, 0.3) is 0 Å². The summed E-state index contributed by atoms with van der Waals surface area (Å²) in [6, 6.07) is 21.3. The molecular weight excluding hydrogens is 374 g/mol. The summed E-state index contributed by atoms with van der Waals surface area (Å²) in [5.74, 6) is 0.381. The zero-order chi connectivity index (χ0) is 20.6. The Morgan fingerprint density at radius 1 is 0.833 bits per heavy atom. The van der Waals surface area contributed by atoms with Gasteiger partial charge in [0.25, 0.3) is 5.91 Å². The smallest absolute Gasteiger partial charge is 0.276 e. The van der Waals surface area contributed by atoms with Gasteiger partial charge in [-0.25, -0.2) is 0 Å². The zero-order valence-electron chi connectivity index (χ0n) is 17.1. The van der Waals surface area contributed by atoms with Crippen LogP contribution in [0.3, 0.4) is 0 Å². The number of benzene rings is 2. The maximum Gasteiger partial charge on any atom is 0.276 e. The second kappa shape index (κ2) is 9.98. The van der Waals surface area contributed by atoms with Crippen molar-refractivity contribution >= 4 is 17.4 Å². The van der Waals surface area contributed by atoms with Crippen LogP contribution in [0.4, 0.5) is 11.5 Å². The molecule has 6 nitrogen and oxygen atoms in total. The second-order valence-corrected chi connectivity index (χ2v) is 7.58. The lowest BCUT2D eigenvalue weighted by Gasteiger charge is -2.27. The number of anilines is 2. The first-order chi connectivity index (χ1) is 14.8. The zero-order valence-corrected chi connectivity index (χ0v) is 17.1. The van der Waals surface area contributed by atoms with Crippen LogP contribution in [0.1, 0.15) is 40.9 Å². The summed E-state index contributed by atoms with van der Waals surface area (Å²) in [6.45, 7) is 4.02. The van der Waals surface area contributed by atoms with E-state index < -0.39 is 0 Å². The predicted molar refractivity (Wildman–Crippen MR) is 119 cm³/mol. The molecule has 2 N–H and O–H groups in total. The van der Waals surface area contributed by atoms with Crippen molar-refractivity contribution < 1.29 is 4.79 Å². The molecule has 2 aromatic carbocycles. The fraction of sp³-hybridized carbons (Fsp3) is 0.292. The maximum atomic E-state index is 12.3. The van der Waals surface area contributed by atoms with E-state index >= 15 is 0 Å². The summed E-state index contributed by atoms with van der Waals surface area (Å²) < 4.78 is 0. The lowest BCUT2D eigenvalue weighted by molar-refractivity contribution is 0.102. The van der Waals surface area contributed by atoms with Crippen LogP contribution in [0.5, 0.6) is 0 Å². The van der Waals surface area contributed by atoms with Crippen LogP contribution in [0.15, 0.2) is 66.7 Å². The third kappa shape index (κ3) is 5.42. The molecule has 0 bridgehead atoms. The van der Waals surface area contributed by atoms with Crippen LogP contribution in [-0.4, -0.2) is 34.1 Å². The molecule has 1 saturated heterocycles. The molecule has 6 heteroatoms. The molecule has 1 amide bonds. The number of carbonyl (C=O) groups excluding carboxylic acids is 1. The monoisotopic (exact) mass is 401 g/mol. The lowest BCUT2D eigenvalue weighted by Crippen LogP contribution is -2.29. The molecule has 1 aliphatic rings. The van der Waals surface area contributed by atoms with E-state index in [1.807, 2.05) is 30.3 Å². The minimum atomic E-state index is -0.271. The molecule has 1 aromatic heterocycles. The largest absolute Gasteiger partial charge is 0.364 e. The van der Waals surface area contributed by atoms with Crippen LogP contribution < -0.4 is 10.6 Å². The Hall–Kier alpha value is -3.25. The van der Waals surface area contributed by atoms with Crippen LogP contribution in [0.2, 0.25) is 0 Å². The third-order valence-electron chi connectivity index (χ3n) is 5.35. The number of para-hydroxylation sites is 1. The molecule has 30 heavy (non-hydrogen) atoms. The highest BCUT2D eigenvalue weighted by Crippen LogP contribution is 2.17. The van der Waals surface area contributed by atoms with Crippen molar-refractivity contribution in [2.24, 2.45) is 0 Å².